The van der Waals surface area contributed by atoms with Crippen molar-refractivity contribution in [1.82, 2.24) is 25.2 Å². The van der Waals surface area contributed by atoms with Crippen LogP contribution in [-0.4, -0.2) is 51.6 Å². The Morgan fingerprint density at radius 1 is 1.00 bits per heavy atom. The van der Waals surface area contributed by atoms with Crippen LogP contribution in [0, 0.1) is 6.92 Å². The molecule has 1 aliphatic rings. The first-order valence-corrected chi connectivity index (χ1v) is 14.6. The predicted molar refractivity (Wildman–Crippen MR) is 170 cm³/mol. The zero-order valence-corrected chi connectivity index (χ0v) is 25.4. The smallest absolute Gasteiger partial charge is 0.335 e. The Balaban J connectivity index is 1.14. The fraction of sp³-hybridized carbons (Fsp3) is 0.242. The summed E-state index contributed by atoms with van der Waals surface area (Å²) >= 11 is 0. The van der Waals surface area contributed by atoms with Crippen LogP contribution in [0.25, 0.3) is 5.65 Å². The summed E-state index contributed by atoms with van der Waals surface area (Å²) < 4.78 is 1.37. The zero-order valence-electron chi connectivity index (χ0n) is 25.4. The van der Waals surface area contributed by atoms with Gasteiger partial charge >= 0.3 is 5.97 Å². The van der Waals surface area contributed by atoms with Gasteiger partial charge in [0.15, 0.2) is 5.65 Å². The minimum absolute atomic E-state index is 0.0426. The van der Waals surface area contributed by atoms with Gasteiger partial charge in [0.1, 0.15) is 22.8 Å². The molecule has 6 rings (SSSR count). The third-order valence-corrected chi connectivity index (χ3v) is 8.30. The van der Waals surface area contributed by atoms with Crippen molar-refractivity contribution in [2.24, 2.45) is 0 Å². The highest BCUT2D eigenvalue weighted by Gasteiger charge is 2.29. The van der Waals surface area contributed by atoms with Gasteiger partial charge in [0, 0.05) is 39.3 Å². The molecule has 13 nitrogen and oxygen atoms in total. The van der Waals surface area contributed by atoms with E-state index < -0.39 is 28.6 Å². The zero-order chi connectivity index (χ0) is 32.7. The average molecular weight is 622 g/mol. The average Bonchev–Trinajstić information content (AvgIpc) is 3.68. The minimum Gasteiger partial charge on any atom is -0.478 e. The number of hydrogen-bond donors (Lipinski definition) is 4. The number of carboxylic acids is 1. The highest BCUT2D eigenvalue weighted by atomic mass is 16.4. The highest BCUT2D eigenvalue weighted by Crippen LogP contribution is 2.35. The number of aromatic nitrogens is 3. The molecule has 0 saturated carbocycles. The van der Waals surface area contributed by atoms with Crippen LogP contribution in [0.15, 0.2) is 64.3 Å². The maximum Gasteiger partial charge on any atom is 0.335 e. The quantitative estimate of drug-likeness (QED) is 0.169. The largest absolute Gasteiger partial charge is 0.478 e. The Morgan fingerprint density at radius 3 is 2.50 bits per heavy atom. The molecule has 0 fully saturated rings. The molecular weight excluding hydrogens is 590 g/mol. The Labute approximate surface area is 262 Å². The fourth-order valence-electron chi connectivity index (χ4n) is 5.97. The van der Waals surface area contributed by atoms with Crippen molar-refractivity contribution in [3.63, 3.8) is 0 Å². The molecule has 13 heteroatoms. The van der Waals surface area contributed by atoms with Crippen molar-refractivity contribution in [3.05, 3.63) is 120 Å². The molecule has 0 unspecified atom stereocenters. The van der Waals surface area contributed by atoms with Gasteiger partial charge in [-0.25, -0.2) is 14.3 Å². The minimum atomic E-state index is -0.988. The lowest BCUT2D eigenvalue weighted by atomic mass is 9.98. The van der Waals surface area contributed by atoms with E-state index in [2.05, 4.69) is 26.0 Å². The van der Waals surface area contributed by atoms with E-state index in [4.69, 9.17) is 0 Å². The van der Waals surface area contributed by atoms with Crippen LogP contribution >= 0.6 is 0 Å². The maximum absolute atomic E-state index is 13.5. The molecule has 2 aromatic heterocycles. The summed E-state index contributed by atoms with van der Waals surface area (Å²) in [5, 5.41) is 22.6. The van der Waals surface area contributed by atoms with Crippen molar-refractivity contribution in [2.45, 2.75) is 38.9 Å². The van der Waals surface area contributed by atoms with Gasteiger partial charge < -0.3 is 26.0 Å². The second kappa shape index (κ2) is 11.9. The van der Waals surface area contributed by atoms with Gasteiger partial charge in [0.2, 0.25) is 0 Å². The van der Waals surface area contributed by atoms with E-state index in [1.807, 2.05) is 24.3 Å². The molecule has 0 radical (unpaired) electrons. The van der Waals surface area contributed by atoms with Gasteiger partial charge in [-0.3, -0.25) is 19.2 Å². The molecule has 46 heavy (non-hydrogen) atoms. The van der Waals surface area contributed by atoms with Gasteiger partial charge in [-0.1, -0.05) is 30.3 Å². The number of anilines is 2. The van der Waals surface area contributed by atoms with E-state index in [9.17, 15) is 29.1 Å². The number of hydrogen-bond acceptors (Lipinski definition) is 9. The number of nitrogens with zero attached hydrogens (tertiary/aromatic N) is 4. The molecule has 1 atom stereocenters. The predicted octanol–water partition coefficient (Wildman–Crippen LogP) is 2.36. The van der Waals surface area contributed by atoms with Crippen molar-refractivity contribution in [2.75, 3.05) is 24.3 Å². The van der Waals surface area contributed by atoms with Gasteiger partial charge in [-0.05, 0) is 53.6 Å². The molecule has 2 amide bonds. The van der Waals surface area contributed by atoms with Gasteiger partial charge in [-0.15, -0.1) is 0 Å². The van der Waals surface area contributed by atoms with Crippen LogP contribution < -0.4 is 31.7 Å². The fourth-order valence-corrected chi connectivity index (χ4v) is 5.97. The van der Waals surface area contributed by atoms with E-state index >= 15 is 0 Å². The lowest BCUT2D eigenvalue weighted by Crippen LogP contribution is -2.39. The molecule has 2 heterocycles. The molecular formula is C33H31N7O6. The van der Waals surface area contributed by atoms with E-state index in [0.717, 1.165) is 22.3 Å². The molecule has 0 spiro atoms. The maximum atomic E-state index is 13.5. The van der Waals surface area contributed by atoms with Crippen LogP contribution in [0.5, 0.6) is 0 Å². The molecule has 3 aromatic carbocycles. The van der Waals surface area contributed by atoms with E-state index in [1.165, 1.54) is 16.8 Å². The highest BCUT2D eigenvalue weighted by molar-refractivity contribution is 5.98. The number of nitrogens with one attached hydrogen (secondary N) is 3. The number of carbonyl (C=O) groups is 3. The molecule has 4 N–H and O–H groups in total. The van der Waals surface area contributed by atoms with Crippen LogP contribution in [0.1, 0.15) is 71.6 Å². The molecule has 234 valence electrons. The first-order chi connectivity index (χ1) is 22.0. The summed E-state index contributed by atoms with van der Waals surface area (Å²) in [6, 6.07) is 13.4. The Morgan fingerprint density at radius 2 is 1.76 bits per heavy atom. The normalized spacial score (nSPS) is 13.8. The van der Waals surface area contributed by atoms with E-state index in [0.29, 0.717) is 36.3 Å². The number of fused-ring (bicyclic) bond motifs is 2. The third kappa shape index (κ3) is 5.47. The Kier molecular flexibility index (Phi) is 7.82. The first-order valence-electron chi connectivity index (χ1n) is 14.6. The second-order valence-corrected chi connectivity index (χ2v) is 11.4. The van der Waals surface area contributed by atoms with E-state index in [1.54, 1.807) is 44.1 Å². The monoisotopic (exact) mass is 621 g/mol. The van der Waals surface area contributed by atoms with Gasteiger partial charge in [-0.2, -0.15) is 5.10 Å². The van der Waals surface area contributed by atoms with Crippen LogP contribution in [0.4, 0.5) is 11.4 Å². The summed E-state index contributed by atoms with van der Waals surface area (Å²) in [6.07, 6.45) is 2.74. The third-order valence-electron chi connectivity index (χ3n) is 8.30. The van der Waals surface area contributed by atoms with Gasteiger partial charge in [0.05, 0.1) is 17.8 Å². The molecule has 1 aliphatic carbocycles. The number of amides is 2. The van der Waals surface area contributed by atoms with Gasteiger partial charge in [0.25, 0.3) is 22.7 Å². The van der Waals surface area contributed by atoms with Crippen molar-refractivity contribution >= 4 is 34.8 Å². The first kappa shape index (κ1) is 30.2. The van der Waals surface area contributed by atoms with Crippen LogP contribution in [-0.2, 0) is 19.5 Å². The summed E-state index contributed by atoms with van der Waals surface area (Å²) in [5.74, 6) is -1.91. The summed E-state index contributed by atoms with van der Waals surface area (Å²) in [5.41, 5.74) is 4.48. The van der Waals surface area contributed by atoms with Crippen molar-refractivity contribution < 1.29 is 19.5 Å². The summed E-state index contributed by atoms with van der Waals surface area (Å²) in [7, 11) is 3.41. The second-order valence-electron chi connectivity index (χ2n) is 11.4. The number of carboxylic acid groups (broad SMARTS) is 1. The molecule has 0 aliphatic heterocycles. The van der Waals surface area contributed by atoms with Crippen LogP contribution in [0.2, 0.25) is 0 Å². The molecule has 0 saturated heterocycles. The summed E-state index contributed by atoms with van der Waals surface area (Å²) in [4.78, 5) is 68.1. The number of carbonyl (C=O) groups excluding carboxylic acids is 2. The summed E-state index contributed by atoms with van der Waals surface area (Å²) in [6.45, 7) is 2.27. The SMILES string of the molecule is Cc1c(C(=O)O)ccc2c1CC[C@@H]2NC(=O)c1cc(C(=O)NCc2cccc(CNc3c(N(C)C)c(=O)c3=O)c2)nc2ccnn12. The van der Waals surface area contributed by atoms with Crippen molar-refractivity contribution in [1.29, 1.82) is 0 Å². The Hall–Kier alpha value is -5.85. The Bertz CT molecular complexity index is 2110. The van der Waals surface area contributed by atoms with Crippen LogP contribution in [0.3, 0.4) is 0 Å². The lowest BCUT2D eigenvalue weighted by molar-refractivity contribution is 0.0695. The molecule has 0 bridgehead atoms. The van der Waals surface area contributed by atoms with Crippen molar-refractivity contribution in [3.8, 4) is 0 Å². The standard InChI is InChI=1S/C33H31N7O6/c1-17-20-9-10-23(22(20)8-7-21(17)33(45)46)38-32(44)25-14-24(37-26-11-12-36-40(25)26)31(43)35-16-19-6-4-5-18(13-19)15-34-27-28(39(2)3)30(42)29(27)41/h4-8,11-14,23,34H,9-10,15-16H2,1-3H3,(H,35,43)(H,38,44)(H,45,46)/t23-/m0/s1. The molecule has 5 aromatic rings. The number of rotatable bonds is 10. The number of benzene rings is 2. The van der Waals surface area contributed by atoms with E-state index in [-0.39, 0.29) is 35.2 Å². The lowest BCUT2D eigenvalue weighted by Gasteiger charge is -2.19. The topological polar surface area (TPSA) is 175 Å². The number of aromatic carboxylic acids is 1.